The van der Waals surface area contributed by atoms with E-state index in [9.17, 15) is 0 Å². The van der Waals surface area contributed by atoms with E-state index in [0.717, 1.165) is 35.8 Å². The second-order valence-corrected chi connectivity index (χ2v) is 7.24. The molecule has 3 aliphatic heterocycles. The van der Waals surface area contributed by atoms with Crippen LogP contribution < -0.4 is 10.2 Å². The molecule has 3 heteroatoms. The quantitative estimate of drug-likeness (QED) is 0.855. The van der Waals surface area contributed by atoms with Crippen LogP contribution in [0.25, 0.3) is 11.0 Å². The van der Waals surface area contributed by atoms with Crippen molar-refractivity contribution in [1.82, 2.24) is 0 Å². The Morgan fingerprint density at radius 3 is 3.00 bits per heavy atom. The molecule has 22 heavy (non-hydrogen) atoms. The lowest BCUT2D eigenvalue weighted by Crippen LogP contribution is -3.21. The summed E-state index contributed by atoms with van der Waals surface area (Å²) >= 11 is 0. The predicted octanol–water partition coefficient (Wildman–Crippen LogP) is 1.20. The zero-order valence-corrected chi connectivity index (χ0v) is 13.6. The van der Waals surface area contributed by atoms with E-state index >= 15 is 0 Å². The molecule has 0 saturated carbocycles. The van der Waals surface area contributed by atoms with Gasteiger partial charge in [-0.2, -0.15) is 0 Å². The van der Waals surface area contributed by atoms with Crippen molar-refractivity contribution >= 4 is 11.0 Å². The van der Waals surface area contributed by atoms with Crippen LogP contribution in [-0.2, 0) is 6.54 Å². The van der Waals surface area contributed by atoms with Crippen molar-refractivity contribution < 1.29 is 14.6 Å². The first-order valence-corrected chi connectivity index (χ1v) is 8.97. The van der Waals surface area contributed by atoms with E-state index in [1.54, 1.807) is 0 Å². The molecule has 0 radical (unpaired) electrons. The van der Waals surface area contributed by atoms with Gasteiger partial charge in [0.25, 0.3) is 0 Å². The van der Waals surface area contributed by atoms with Crippen molar-refractivity contribution in [3.63, 3.8) is 0 Å². The van der Waals surface area contributed by atoms with Gasteiger partial charge in [-0.3, -0.25) is 0 Å². The Bertz CT molecular complexity index is 602. The number of benzene rings is 1. The molecule has 118 valence electrons. The molecule has 3 nitrogen and oxygen atoms in total. The third-order valence-corrected chi connectivity index (χ3v) is 5.99. The summed E-state index contributed by atoms with van der Waals surface area (Å²) in [6.07, 6.45) is 4.29. The number of rotatable bonds is 5. The van der Waals surface area contributed by atoms with Crippen LogP contribution >= 0.6 is 0 Å². The number of nitrogens with two attached hydrogens (primary N) is 1. The van der Waals surface area contributed by atoms with Crippen LogP contribution in [-0.4, -0.2) is 25.7 Å². The highest BCUT2D eigenvalue weighted by molar-refractivity contribution is 5.77. The molecular formula is C19H28N2O+2. The van der Waals surface area contributed by atoms with Gasteiger partial charge in [0, 0.05) is 24.1 Å². The van der Waals surface area contributed by atoms with Gasteiger partial charge in [0.05, 0.1) is 13.1 Å². The van der Waals surface area contributed by atoms with Gasteiger partial charge < -0.3 is 14.6 Å². The largest absolute Gasteiger partial charge is 0.455 e. The zero-order chi connectivity index (χ0) is 14.9. The van der Waals surface area contributed by atoms with E-state index in [4.69, 9.17) is 4.42 Å². The highest BCUT2D eigenvalue weighted by Gasteiger charge is 2.43. The summed E-state index contributed by atoms with van der Waals surface area (Å²) in [6.45, 7) is 7.42. The van der Waals surface area contributed by atoms with E-state index in [2.05, 4.69) is 36.5 Å². The average molecular weight is 300 g/mol. The molecule has 1 aromatic heterocycles. The smallest absolute Gasteiger partial charge is 0.159 e. The lowest BCUT2D eigenvalue weighted by atomic mass is 9.74. The van der Waals surface area contributed by atoms with Gasteiger partial charge in [0.1, 0.15) is 24.7 Å². The maximum absolute atomic E-state index is 5.92. The van der Waals surface area contributed by atoms with Crippen molar-refractivity contribution in [2.75, 3.05) is 19.6 Å². The summed E-state index contributed by atoms with van der Waals surface area (Å²) < 4.78 is 5.92. The van der Waals surface area contributed by atoms with E-state index in [-0.39, 0.29) is 0 Å². The first kappa shape index (κ1) is 14.3. The topological polar surface area (TPSA) is 34.2 Å². The fourth-order valence-corrected chi connectivity index (χ4v) is 4.73. The molecule has 3 fully saturated rings. The van der Waals surface area contributed by atoms with E-state index in [1.807, 2.05) is 11.0 Å². The number of hydrogen-bond donors (Lipinski definition) is 2. The van der Waals surface area contributed by atoms with Crippen LogP contribution in [0.2, 0.25) is 0 Å². The van der Waals surface area contributed by atoms with Gasteiger partial charge in [0.15, 0.2) is 5.76 Å². The third-order valence-electron chi connectivity index (χ3n) is 5.99. The van der Waals surface area contributed by atoms with E-state index < -0.39 is 0 Å². The zero-order valence-electron chi connectivity index (χ0n) is 13.6. The van der Waals surface area contributed by atoms with E-state index in [0.29, 0.717) is 0 Å². The standard InChI is InChI=1S/C19H26N2O/c1-2-14-13-21-8-7-15(14)9-17(21)11-20-12-18-10-16-5-3-4-6-19(16)22-18/h3-6,10,14-15,17,20H,2,7-9,11-13H2,1H3/p+2/t14-,15-,17+/m0/s1. The summed E-state index contributed by atoms with van der Waals surface area (Å²) in [5.74, 6) is 3.11. The van der Waals surface area contributed by atoms with Gasteiger partial charge in [-0.05, 0) is 24.5 Å². The fourth-order valence-electron chi connectivity index (χ4n) is 4.73. The molecule has 0 amide bonds. The molecule has 3 saturated heterocycles. The van der Waals surface area contributed by atoms with E-state index in [1.165, 1.54) is 44.3 Å². The maximum atomic E-state index is 5.92. The number of hydrogen-bond acceptors (Lipinski definition) is 1. The number of quaternary nitrogens is 2. The molecule has 0 aliphatic carbocycles. The Morgan fingerprint density at radius 2 is 2.23 bits per heavy atom. The monoisotopic (exact) mass is 300 g/mol. The second-order valence-electron chi connectivity index (χ2n) is 7.24. The lowest BCUT2D eigenvalue weighted by molar-refractivity contribution is -0.959. The maximum Gasteiger partial charge on any atom is 0.159 e. The molecule has 1 aromatic carbocycles. The number of para-hydroxylation sites is 1. The van der Waals surface area contributed by atoms with Crippen molar-refractivity contribution in [1.29, 1.82) is 0 Å². The summed E-state index contributed by atoms with van der Waals surface area (Å²) in [5.41, 5.74) is 1.02. The van der Waals surface area contributed by atoms with Gasteiger partial charge in [-0.15, -0.1) is 0 Å². The number of furan rings is 1. The first-order valence-electron chi connectivity index (χ1n) is 8.97. The number of fused-ring (bicyclic) bond motifs is 4. The second kappa shape index (κ2) is 6.05. The molecule has 2 aromatic rings. The molecule has 2 bridgehead atoms. The Balaban J connectivity index is 1.32. The van der Waals surface area contributed by atoms with Crippen molar-refractivity contribution in [3.05, 3.63) is 36.1 Å². The van der Waals surface area contributed by atoms with Gasteiger partial charge in [-0.1, -0.05) is 25.1 Å². The molecule has 1 unspecified atom stereocenters. The van der Waals surface area contributed by atoms with Crippen molar-refractivity contribution in [3.8, 4) is 0 Å². The highest BCUT2D eigenvalue weighted by Crippen LogP contribution is 2.28. The first-order chi connectivity index (χ1) is 10.8. The molecule has 3 aliphatic rings. The summed E-state index contributed by atoms with van der Waals surface area (Å²) in [4.78, 5) is 1.87. The molecule has 3 N–H and O–H groups in total. The minimum Gasteiger partial charge on any atom is -0.455 e. The normalized spacial score (nSPS) is 31.0. The number of nitrogens with one attached hydrogen (secondary N) is 1. The molecule has 5 rings (SSSR count). The molecule has 4 heterocycles. The van der Waals surface area contributed by atoms with Crippen LogP contribution in [0, 0.1) is 11.8 Å². The summed E-state index contributed by atoms with van der Waals surface area (Å²) in [6, 6.07) is 11.4. The predicted molar refractivity (Wildman–Crippen MR) is 87.7 cm³/mol. The Morgan fingerprint density at radius 1 is 1.32 bits per heavy atom. The van der Waals surface area contributed by atoms with Crippen LogP contribution in [0.1, 0.15) is 31.9 Å². The van der Waals surface area contributed by atoms with Crippen LogP contribution in [0.5, 0.6) is 0 Å². The summed E-state index contributed by atoms with van der Waals surface area (Å²) in [7, 11) is 0. The van der Waals surface area contributed by atoms with Gasteiger partial charge in [0.2, 0.25) is 0 Å². The minimum atomic E-state index is 0.867. The van der Waals surface area contributed by atoms with Crippen LogP contribution in [0.3, 0.4) is 0 Å². The van der Waals surface area contributed by atoms with Crippen molar-refractivity contribution in [2.45, 2.75) is 38.8 Å². The Kier molecular flexibility index (Phi) is 3.93. The Labute approximate surface area is 132 Å². The fraction of sp³-hybridized carbons (Fsp3) is 0.579. The minimum absolute atomic E-state index is 0.867. The van der Waals surface area contributed by atoms with Gasteiger partial charge in [-0.25, -0.2) is 0 Å². The summed E-state index contributed by atoms with van der Waals surface area (Å²) in [5, 5.41) is 3.68. The van der Waals surface area contributed by atoms with Crippen LogP contribution in [0.4, 0.5) is 0 Å². The molecule has 4 atom stereocenters. The third kappa shape index (κ3) is 2.68. The highest BCUT2D eigenvalue weighted by atomic mass is 16.3. The van der Waals surface area contributed by atoms with Crippen molar-refractivity contribution in [2.24, 2.45) is 11.8 Å². The molecular weight excluding hydrogens is 272 g/mol. The number of piperidine rings is 3. The SMILES string of the molecule is CC[C@H]1C[NH+]2CC[C@H]1C[C@@H]2C[NH2+]Cc1cc2ccccc2o1. The molecule has 0 spiro atoms. The lowest BCUT2D eigenvalue weighted by Gasteiger charge is -2.46. The van der Waals surface area contributed by atoms with Gasteiger partial charge >= 0.3 is 0 Å². The Hall–Kier alpha value is -1.32. The van der Waals surface area contributed by atoms with Crippen LogP contribution in [0.15, 0.2) is 34.7 Å². The average Bonchev–Trinajstić information content (AvgIpc) is 2.98.